The number of hydrogen-bond acceptors (Lipinski definition) is 7. The number of aliphatic hydroxyl groups is 1. The molecule has 0 amide bonds. The van der Waals surface area contributed by atoms with Gasteiger partial charge < -0.3 is 5.11 Å². The lowest BCUT2D eigenvalue weighted by molar-refractivity contribution is -0.384. The maximum Gasteiger partial charge on any atom is 0.269 e. The number of rotatable bonds is 12. The number of aliphatic hydroxyl groups excluding tert-OH is 1. The van der Waals surface area contributed by atoms with E-state index in [1.54, 1.807) is 42.5 Å². The van der Waals surface area contributed by atoms with Crippen LogP contribution in [0.1, 0.15) is 32.4 Å². The van der Waals surface area contributed by atoms with Crippen molar-refractivity contribution in [1.29, 1.82) is 0 Å². The van der Waals surface area contributed by atoms with E-state index in [9.17, 15) is 23.6 Å². The van der Waals surface area contributed by atoms with E-state index in [2.05, 4.69) is 4.90 Å². The number of aromatic nitrogens is 3. The van der Waals surface area contributed by atoms with E-state index in [-0.39, 0.29) is 23.2 Å². The monoisotopic (exact) mass is 663 g/mol. The predicted octanol–water partition coefficient (Wildman–Crippen LogP) is 7.38. The molecule has 0 unspecified atom stereocenters. The molecule has 0 aliphatic heterocycles. The summed E-state index contributed by atoms with van der Waals surface area (Å²) >= 11 is 0. The topological polar surface area (TPSA) is 123 Å². The zero-order chi connectivity index (χ0) is 34.0. The van der Waals surface area contributed by atoms with Crippen LogP contribution in [0.2, 0.25) is 0 Å². The van der Waals surface area contributed by atoms with Crippen molar-refractivity contribution in [3.8, 4) is 33.6 Å². The Balaban J connectivity index is 1.56. The number of benzene rings is 4. The lowest BCUT2D eigenvalue weighted by atomic mass is 9.98. The fraction of sp³-hybridized carbons (Fsp3) is 0.216. The number of hydrogen-bond donors (Lipinski definition) is 1. The maximum atomic E-state index is 14.4. The molecule has 6 aromatic rings. The molecule has 0 saturated carbocycles. The van der Waals surface area contributed by atoms with Gasteiger partial charge in [0, 0.05) is 54.0 Å². The van der Waals surface area contributed by atoms with Crippen LogP contribution in [0.5, 0.6) is 0 Å². The van der Waals surface area contributed by atoms with E-state index in [1.807, 2.05) is 80.2 Å². The minimum atomic E-state index is -4.03. The first-order valence-corrected chi connectivity index (χ1v) is 17.3. The molecule has 4 aromatic carbocycles. The van der Waals surface area contributed by atoms with Crippen molar-refractivity contribution in [2.24, 2.45) is 0 Å². The first kappa shape index (κ1) is 32.8. The third-order valence-corrected chi connectivity index (χ3v) is 10.2. The van der Waals surface area contributed by atoms with Crippen molar-refractivity contribution in [2.45, 2.75) is 38.3 Å². The van der Waals surface area contributed by atoms with Crippen molar-refractivity contribution < 1.29 is 18.4 Å². The Bertz CT molecular complexity index is 2170. The lowest BCUT2D eigenvalue weighted by Crippen LogP contribution is -2.26. The van der Waals surface area contributed by atoms with E-state index < -0.39 is 14.9 Å². The molecule has 10 nitrogen and oxygen atoms in total. The number of nitro groups is 1. The fourth-order valence-electron chi connectivity index (χ4n) is 5.94. The highest BCUT2D eigenvalue weighted by Gasteiger charge is 2.26. The van der Waals surface area contributed by atoms with Crippen LogP contribution in [0.15, 0.2) is 114 Å². The molecule has 2 aromatic heterocycles. The minimum absolute atomic E-state index is 0.0136. The van der Waals surface area contributed by atoms with Gasteiger partial charge in [0.1, 0.15) is 5.69 Å². The zero-order valence-electron chi connectivity index (χ0n) is 27.0. The Hall–Kier alpha value is -5.10. The zero-order valence-corrected chi connectivity index (χ0v) is 27.8. The molecule has 11 heteroatoms. The predicted molar refractivity (Wildman–Crippen MR) is 188 cm³/mol. The van der Waals surface area contributed by atoms with Crippen LogP contribution in [-0.2, 0) is 16.6 Å². The summed E-state index contributed by atoms with van der Waals surface area (Å²) in [7, 11) is -4.03. The van der Waals surface area contributed by atoms with Crippen molar-refractivity contribution in [1.82, 2.24) is 18.7 Å². The summed E-state index contributed by atoms with van der Waals surface area (Å²) in [6.45, 7) is 8.19. The van der Waals surface area contributed by atoms with Crippen LogP contribution < -0.4 is 0 Å². The average Bonchev–Trinajstić information content (AvgIpc) is 3.72. The largest absolute Gasteiger partial charge is 0.395 e. The Morgan fingerprint density at radius 3 is 2.21 bits per heavy atom. The van der Waals surface area contributed by atoms with Crippen molar-refractivity contribution in [3.63, 3.8) is 0 Å². The van der Waals surface area contributed by atoms with Gasteiger partial charge in [0.05, 0.1) is 27.6 Å². The molecule has 0 saturated heterocycles. The standard InChI is InChI=1S/C37H37N5O5S/c1-4-39(21-22-43)24-27-13-15-28(16-14-27)36-23-33-32(11-8-12-35(33)41(36)48(46,47)31-9-6-5-7-10-31)34-25-40(26(2)3)38-37(34)29-17-19-30(20-18-29)42(44)45/h5-20,23,25-26,43H,4,21-22,24H2,1-3H3. The highest BCUT2D eigenvalue weighted by molar-refractivity contribution is 7.90. The molecule has 0 fully saturated rings. The molecule has 0 aliphatic carbocycles. The minimum Gasteiger partial charge on any atom is -0.395 e. The first-order chi connectivity index (χ1) is 23.1. The molecule has 2 heterocycles. The van der Waals surface area contributed by atoms with Crippen LogP contribution in [-0.4, -0.2) is 56.8 Å². The van der Waals surface area contributed by atoms with E-state index in [4.69, 9.17) is 5.10 Å². The van der Waals surface area contributed by atoms with Gasteiger partial charge in [-0.15, -0.1) is 0 Å². The molecule has 0 radical (unpaired) electrons. The Labute approximate surface area is 279 Å². The van der Waals surface area contributed by atoms with Gasteiger partial charge in [-0.3, -0.25) is 19.7 Å². The molecule has 0 spiro atoms. The Kier molecular flexibility index (Phi) is 9.27. The molecule has 0 atom stereocenters. The molecule has 246 valence electrons. The van der Waals surface area contributed by atoms with Crippen LogP contribution in [0.25, 0.3) is 44.5 Å². The van der Waals surface area contributed by atoms with Crippen LogP contribution >= 0.6 is 0 Å². The second-order valence-corrected chi connectivity index (χ2v) is 13.7. The van der Waals surface area contributed by atoms with Gasteiger partial charge in [-0.05, 0) is 73.5 Å². The highest BCUT2D eigenvalue weighted by atomic mass is 32.2. The van der Waals surface area contributed by atoms with E-state index in [0.29, 0.717) is 35.6 Å². The molecular formula is C37H37N5O5S. The summed E-state index contributed by atoms with van der Waals surface area (Å²) < 4.78 is 32.1. The Morgan fingerprint density at radius 2 is 1.58 bits per heavy atom. The number of nitrogens with zero attached hydrogens (tertiary/aromatic N) is 5. The van der Waals surface area contributed by atoms with Crippen LogP contribution in [0, 0.1) is 10.1 Å². The summed E-state index contributed by atoms with van der Waals surface area (Å²) in [4.78, 5) is 13.2. The van der Waals surface area contributed by atoms with Gasteiger partial charge in [0.15, 0.2) is 0 Å². The summed E-state index contributed by atoms with van der Waals surface area (Å²) in [5.74, 6) is 0. The normalized spacial score (nSPS) is 12.0. The third-order valence-electron chi connectivity index (χ3n) is 8.51. The molecule has 0 aliphatic rings. The highest BCUT2D eigenvalue weighted by Crippen LogP contribution is 2.41. The maximum absolute atomic E-state index is 14.4. The summed E-state index contributed by atoms with van der Waals surface area (Å²) in [6, 6.07) is 30.1. The van der Waals surface area contributed by atoms with Gasteiger partial charge in [-0.1, -0.05) is 61.5 Å². The summed E-state index contributed by atoms with van der Waals surface area (Å²) in [5.41, 5.74) is 5.72. The second kappa shape index (κ2) is 13.6. The first-order valence-electron chi connectivity index (χ1n) is 15.8. The number of fused-ring (bicyclic) bond motifs is 1. The quantitative estimate of drug-likeness (QED) is 0.107. The van der Waals surface area contributed by atoms with Gasteiger partial charge in [0.2, 0.25) is 0 Å². The van der Waals surface area contributed by atoms with Gasteiger partial charge >= 0.3 is 0 Å². The molecule has 0 bridgehead atoms. The second-order valence-electron chi connectivity index (χ2n) is 11.9. The summed E-state index contributed by atoms with van der Waals surface area (Å²) in [5, 5.41) is 26.4. The number of nitro benzene ring substituents is 1. The van der Waals surface area contributed by atoms with E-state index in [0.717, 1.165) is 34.2 Å². The molecular weight excluding hydrogens is 627 g/mol. The van der Waals surface area contributed by atoms with E-state index >= 15 is 0 Å². The number of non-ortho nitro benzene ring substituents is 1. The SMILES string of the molecule is CCN(CCO)Cc1ccc(-c2cc3c(-c4cn(C(C)C)nc4-c4ccc([N+](=O)[O-])cc4)cccc3n2S(=O)(=O)c2ccccc2)cc1. The van der Waals surface area contributed by atoms with Gasteiger partial charge in [-0.25, -0.2) is 12.4 Å². The third kappa shape index (κ3) is 6.27. The van der Waals surface area contributed by atoms with Gasteiger partial charge in [0.25, 0.3) is 15.7 Å². The summed E-state index contributed by atoms with van der Waals surface area (Å²) in [6.07, 6.45) is 1.94. The van der Waals surface area contributed by atoms with Crippen molar-refractivity contribution in [2.75, 3.05) is 19.7 Å². The smallest absolute Gasteiger partial charge is 0.269 e. The van der Waals surface area contributed by atoms with Crippen molar-refractivity contribution in [3.05, 3.63) is 125 Å². The molecule has 1 N–H and O–H groups in total. The molecule has 6 rings (SSSR count). The average molecular weight is 664 g/mol. The van der Waals surface area contributed by atoms with E-state index in [1.165, 1.54) is 16.1 Å². The molecule has 48 heavy (non-hydrogen) atoms. The lowest BCUT2D eigenvalue weighted by Gasteiger charge is -2.19. The van der Waals surface area contributed by atoms with Crippen molar-refractivity contribution >= 4 is 26.6 Å². The fourth-order valence-corrected chi connectivity index (χ4v) is 7.48. The van der Waals surface area contributed by atoms with Gasteiger partial charge in [-0.2, -0.15) is 5.10 Å². The van der Waals surface area contributed by atoms with Crippen LogP contribution in [0.3, 0.4) is 0 Å². The Morgan fingerprint density at radius 1 is 0.896 bits per heavy atom. The number of likely N-dealkylation sites (N-methyl/N-ethyl adjacent to an activating group) is 1. The van der Waals surface area contributed by atoms with Crippen LogP contribution in [0.4, 0.5) is 5.69 Å².